The summed E-state index contributed by atoms with van der Waals surface area (Å²) in [6.07, 6.45) is 2.21. The van der Waals surface area contributed by atoms with Gasteiger partial charge in [-0.05, 0) is 37.7 Å². The molecule has 1 N–H and O–H groups in total. The molecule has 2 rings (SSSR count). The van der Waals surface area contributed by atoms with E-state index in [1.165, 1.54) is 19.1 Å². The predicted molar refractivity (Wildman–Crippen MR) is 58.0 cm³/mol. The highest BCUT2D eigenvalue weighted by atomic mass is 19.2. The predicted octanol–water partition coefficient (Wildman–Crippen LogP) is 3.28. The van der Waals surface area contributed by atoms with Crippen LogP contribution in [-0.2, 0) is 5.60 Å². The van der Waals surface area contributed by atoms with Crippen molar-refractivity contribution in [1.82, 2.24) is 0 Å². The SMILES string of the molecule is Cc1ccc(C2(O)CCCC2C)c(F)c1F. The summed E-state index contributed by atoms with van der Waals surface area (Å²) in [5.41, 5.74) is -0.811. The van der Waals surface area contributed by atoms with Crippen LogP contribution < -0.4 is 0 Å². The van der Waals surface area contributed by atoms with Crippen molar-refractivity contribution in [1.29, 1.82) is 0 Å². The van der Waals surface area contributed by atoms with Gasteiger partial charge in [0.1, 0.15) is 0 Å². The molecule has 1 saturated carbocycles. The molecule has 88 valence electrons. The van der Waals surface area contributed by atoms with E-state index in [1.54, 1.807) is 0 Å². The van der Waals surface area contributed by atoms with Gasteiger partial charge in [-0.15, -0.1) is 0 Å². The van der Waals surface area contributed by atoms with Crippen molar-refractivity contribution in [2.45, 2.75) is 38.7 Å². The van der Waals surface area contributed by atoms with Crippen LogP contribution in [0.15, 0.2) is 12.1 Å². The summed E-state index contributed by atoms with van der Waals surface area (Å²) in [5.74, 6) is -1.76. The molecule has 1 fully saturated rings. The van der Waals surface area contributed by atoms with Crippen molar-refractivity contribution in [3.8, 4) is 0 Å². The highest BCUT2D eigenvalue weighted by Crippen LogP contribution is 2.44. The zero-order chi connectivity index (χ0) is 11.9. The lowest BCUT2D eigenvalue weighted by Crippen LogP contribution is -2.30. The number of hydrogen-bond acceptors (Lipinski definition) is 1. The van der Waals surface area contributed by atoms with Crippen LogP contribution in [0.3, 0.4) is 0 Å². The van der Waals surface area contributed by atoms with Gasteiger partial charge in [0.05, 0.1) is 5.60 Å². The van der Waals surface area contributed by atoms with Crippen molar-refractivity contribution < 1.29 is 13.9 Å². The zero-order valence-corrected chi connectivity index (χ0v) is 9.56. The molecule has 0 aliphatic heterocycles. The Hall–Kier alpha value is -0.960. The molecule has 1 aliphatic carbocycles. The van der Waals surface area contributed by atoms with Gasteiger partial charge < -0.3 is 5.11 Å². The molecular formula is C13H16F2O. The van der Waals surface area contributed by atoms with Gasteiger partial charge in [0, 0.05) is 5.56 Å². The summed E-state index contributed by atoms with van der Waals surface area (Å²) >= 11 is 0. The number of aryl methyl sites for hydroxylation is 1. The lowest BCUT2D eigenvalue weighted by atomic mass is 9.84. The van der Waals surface area contributed by atoms with E-state index < -0.39 is 17.2 Å². The minimum atomic E-state index is -1.20. The van der Waals surface area contributed by atoms with Crippen LogP contribution in [0.2, 0.25) is 0 Å². The fourth-order valence-corrected chi connectivity index (χ4v) is 2.54. The molecule has 0 spiro atoms. The molecule has 0 saturated heterocycles. The lowest BCUT2D eigenvalue weighted by molar-refractivity contribution is 0.000597. The first kappa shape index (κ1) is 11.5. The molecule has 0 aromatic heterocycles. The number of aliphatic hydroxyl groups is 1. The Morgan fingerprint density at radius 3 is 2.56 bits per heavy atom. The Bertz CT molecular complexity index is 417. The third-order valence-corrected chi connectivity index (χ3v) is 3.75. The molecule has 2 unspecified atom stereocenters. The van der Waals surface area contributed by atoms with E-state index in [9.17, 15) is 13.9 Å². The summed E-state index contributed by atoms with van der Waals surface area (Å²) in [7, 11) is 0. The second-order valence-electron chi connectivity index (χ2n) is 4.78. The minimum Gasteiger partial charge on any atom is -0.385 e. The molecule has 3 heteroatoms. The first-order valence-corrected chi connectivity index (χ1v) is 5.64. The van der Waals surface area contributed by atoms with Crippen molar-refractivity contribution in [3.05, 3.63) is 34.9 Å². The third-order valence-electron chi connectivity index (χ3n) is 3.75. The molecule has 0 amide bonds. The molecule has 1 nitrogen and oxygen atoms in total. The summed E-state index contributed by atoms with van der Waals surface area (Å²) in [5, 5.41) is 10.4. The van der Waals surface area contributed by atoms with E-state index >= 15 is 0 Å². The summed E-state index contributed by atoms with van der Waals surface area (Å²) in [6, 6.07) is 3.03. The second kappa shape index (κ2) is 3.81. The molecule has 0 bridgehead atoms. The van der Waals surface area contributed by atoms with Gasteiger partial charge in [-0.1, -0.05) is 19.1 Å². The Balaban J connectivity index is 2.52. The third kappa shape index (κ3) is 1.54. The highest BCUT2D eigenvalue weighted by Gasteiger charge is 2.42. The zero-order valence-electron chi connectivity index (χ0n) is 9.56. The van der Waals surface area contributed by atoms with Gasteiger partial charge in [-0.25, -0.2) is 8.78 Å². The Kier molecular flexibility index (Phi) is 2.74. The van der Waals surface area contributed by atoms with Crippen molar-refractivity contribution in [2.24, 2.45) is 5.92 Å². The van der Waals surface area contributed by atoms with Gasteiger partial charge in [-0.2, -0.15) is 0 Å². The van der Waals surface area contributed by atoms with E-state index in [4.69, 9.17) is 0 Å². The van der Waals surface area contributed by atoms with Crippen molar-refractivity contribution >= 4 is 0 Å². The summed E-state index contributed by atoms with van der Waals surface area (Å²) in [6.45, 7) is 3.40. The molecular weight excluding hydrogens is 210 g/mol. The molecule has 1 aliphatic rings. The van der Waals surface area contributed by atoms with Gasteiger partial charge in [0.25, 0.3) is 0 Å². The summed E-state index contributed by atoms with van der Waals surface area (Å²) in [4.78, 5) is 0. The van der Waals surface area contributed by atoms with E-state index in [0.717, 1.165) is 12.8 Å². The lowest BCUT2D eigenvalue weighted by Gasteiger charge is -2.28. The van der Waals surface area contributed by atoms with Gasteiger partial charge >= 0.3 is 0 Å². The molecule has 1 aromatic rings. The van der Waals surface area contributed by atoms with Crippen LogP contribution in [0.4, 0.5) is 8.78 Å². The normalized spacial score (nSPS) is 29.7. The van der Waals surface area contributed by atoms with Crippen LogP contribution in [0.1, 0.15) is 37.3 Å². The van der Waals surface area contributed by atoms with E-state index in [1.807, 2.05) is 6.92 Å². The maximum atomic E-state index is 13.8. The van der Waals surface area contributed by atoms with Crippen LogP contribution in [0.25, 0.3) is 0 Å². The summed E-state index contributed by atoms with van der Waals surface area (Å²) < 4.78 is 27.3. The second-order valence-corrected chi connectivity index (χ2v) is 4.78. The monoisotopic (exact) mass is 226 g/mol. The molecule has 0 heterocycles. The fourth-order valence-electron chi connectivity index (χ4n) is 2.54. The molecule has 1 aromatic carbocycles. The average molecular weight is 226 g/mol. The topological polar surface area (TPSA) is 20.2 Å². The molecule has 0 radical (unpaired) electrons. The van der Waals surface area contributed by atoms with Crippen molar-refractivity contribution in [3.63, 3.8) is 0 Å². The highest BCUT2D eigenvalue weighted by molar-refractivity contribution is 5.31. The quantitative estimate of drug-likeness (QED) is 0.779. The fraction of sp³-hybridized carbons (Fsp3) is 0.538. The number of hydrogen-bond donors (Lipinski definition) is 1. The standard InChI is InChI=1S/C13H16F2O/c1-8-5-6-10(12(15)11(8)14)13(16)7-3-4-9(13)2/h5-6,9,16H,3-4,7H2,1-2H3. The van der Waals surface area contributed by atoms with Crippen LogP contribution >= 0.6 is 0 Å². The van der Waals surface area contributed by atoms with E-state index in [-0.39, 0.29) is 17.0 Å². The first-order chi connectivity index (χ1) is 7.47. The maximum Gasteiger partial charge on any atom is 0.165 e. The van der Waals surface area contributed by atoms with Crippen LogP contribution in [0, 0.1) is 24.5 Å². The Morgan fingerprint density at radius 1 is 1.31 bits per heavy atom. The van der Waals surface area contributed by atoms with E-state index in [2.05, 4.69) is 0 Å². The van der Waals surface area contributed by atoms with Gasteiger partial charge in [0.15, 0.2) is 11.6 Å². The molecule has 16 heavy (non-hydrogen) atoms. The van der Waals surface area contributed by atoms with Gasteiger partial charge in [-0.3, -0.25) is 0 Å². The Morgan fingerprint density at radius 2 is 2.00 bits per heavy atom. The smallest absolute Gasteiger partial charge is 0.165 e. The van der Waals surface area contributed by atoms with Crippen LogP contribution in [0.5, 0.6) is 0 Å². The maximum absolute atomic E-state index is 13.8. The Labute approximate surface area is 94.1 Å². The first-order valence-electron chi connectivity index (χ1n) is 5.64. The minimum absolute atomic E-state index is 0.0240. The number of benzene rings is 1. The van der Waals surface area contributed by atoms with Gasteiger partial charge in [0.2, 0.25) is 0 Å². The van der Waals surface area contributed by atoms with Crippen molar-refractivity contribution in [2.75, 3.05) is 0 Å². The molecule has 2 atom stereocenters. The number of rotatable bonds is 1. The van der Waals surface area contributed by atoms with E-state index in [0.29, 0.717) is 6.42 Å². The average Bonchev–Trinajstić information content (AvgIpc) is 2.57. The largest absolute Gasteiger partial charge is 0.385 e. The number of halogens is 2. The van der Waals surface area contributed by atoms with Crippen LogP contribution in [-0.4, -0.2) is 5.11 Å².